The summed E-state index contributed by atoms with van der Waals surface area (Å²) in [6, 6.07) is 0.448. The molecule has 1 aliphatic heterocycles. The van der Waals surface area contributed by atoms with Crippen LogP contribution in [0, 0.1) is 0 Å². The van der Waals surface area contributed by atoms with Gasteiger partial charge < -0.3 is 0 Å². The van der Waals surface area contributed by atoms with E-state index in [1.54, 1.807) is 0 Å². The number of hydrazone groups is 1. The van der Waals surface area contributed by atoms with E-state index in [1.165, 1.54) is 0 Å². The van der Waals surface area contributed by atoms with Crippen molar-refractivity contribution in [2.75, 3.05) is 0 Å². The van der Waals surface area contributed by atoms with E-state index in [0.717, 1.165) is 18.5 Å². The van der Waals surface area contributed by atoms with Crippen molar-refractivity contribution in [3.05, 3.63) is 12.3 Å². The minimum Gasteiger partial charge on any atom is -0.268 e. The Hall–Kier alpha value is -0.790. The van der Waals surface area contributed by atoms with Crippen molar-refractivity contribution in [2.45, 2.75) is 32.7 Å². The largest absolute Gasteiger partial charge is 0.268 e. The molecular weight excluding hydrogens is 124 g/mol. The monoisotopic (exact) mass is 138 g/mol. The Morgan fingerprint density at radius 3 is 2.80 bits per heavy atom. The van der Waals surface area contributed by atoms with Gasteiger partial charge in [0.25, 0.3) is 0 Å². The van der Waals surface area contributed by atoms with E-state index in [1.807, 2.05) is 11.2 Å². The molecule has 0 bridgehead atoms. The fourth-order valence-electron chi connectivity index (χ4n) is 1.07. The lowest BCUT2D eigenvalue weighted by Crippen LogP contribution is -2.26. The van der Waals surface area contributed by atoms with E-state index in [2.05, 4.69) is 25.5 Å². The molecule has 2 heteroatoms. The van der Waals surface area contributed by atoms with Crippen molar-refractivity contribution in [1.82, 2.24) is 5.01 Å². The molecule has 0 amide bonds. The molecule has 0 saturated heterocycles. The third-order valence-corrected chi connectivity index (χ3v) is 1.58. The third-order valence-electron chi connectivity index (χ3n) is 1.58. The Kier molecular flexibility index (Phi) is 2.10. The van der Waals surface area contributed by atoms with E-state index in [9.17, 15) is 0 Å². The van der Waals surface area contributed by atoms with Crippen molar-refractivity contribution in [2.24, 2.45) is 5.10 Å². The summed E-state index contributed by atoms with van der Waals surface area (Å²) in [7, 11) is 0. The summed E-state index contributed by atoms with van der Waals surface area (Å²) in [5.41, 5.74) is 1.14. The van der Waals surface area contributed by atoms with Gasteiger partial charge in [-0.15, -0.1) is 0 Å². The smallest absolute Gasteiger partial charge is 0.0465 e. The summed E-state index contributed by atoms with van der Waals surface area (Å²) in [6.45, 7) is 8.17. The van der Waals surface area contributed by atoms with Crippen LogP contribution in [0.15, 0.2) is 17.4 Å². The van der Waals surface area contributed by atoms with Gasteiger partial charge in [0, 0.05) is 18.0 Å². The summed E-state index contributed by atoms with van der Waals surface area (Å²) in [6.07, 6.45) is 4.05. The first-order valence-electron chi connectivity index (χ1n) is 3.71. The average molecular weight is 138 g/mol. The van der Waals surface area contributed by atoms with E-state index < -0.39 is 0 Å². The van der Waals surface area contributed by atoms with Crippen LogP contribution in [-0.4, -0.2) is 17.3 Å². The van der Waals surface area contributed by atoms with Crippen LogP contribution >= 0.6 is 0 Å². The third kappa shape index (κ3) is 1.38. The molecule has 0 aromatic rings. The second kappa shape index (κ2) is 2.86. The molecule has 56 valence electrons. The van der Waals surface area contributed by atoms with Crippen LogP contribution < -0.4 is 0 Å². The maximum absolute atomic E-state index is 4.22. The predicted octanol–water partition coefficient (Wildman–Crippen LogP) is 1.99. The molecule has 0 unspecified atom stereocenters. The van der Waals surface area contributed by atoms with Crippen LogP contribution in [0.3, 0.4) is 0 Å². The molecule has 1 aliphatic rings. The quantitative estimate of drug-likeness (QED) is 0.541. The first-order chi connectivity index (χ1) is 4.72. The van der Waals surface area contributed by atoms with Gasteiger partial charge in [-0.05, 0) is 26.7 Å². The van der Waals surface area contributed by atoms with Crippen molar-refractivity contribution >= 4 is 6.21 Å². The number of hydrogen-bond acceptors (Lipinski definition) is 2. The molecule has 0 fully saturated rings. The van der Waals surface area contributed by atoms with Crippen molar-refractivity contribution < 1.29 is 0 Å². The van der Waals surface area contributed by atoms with Crippen LogP contribution in [0.1, 0.15) is 26.7 Å². The van der Waals surface area contributed by atoms with Gasteiger partial charge in [-0.2, -0.15) is 5.10 Å². The second-order valence-corrected chi connectivity index (χ2v) is 2.84. The molecule has 0 saturated carbocycles. The fourth-order valence-corrected chi connectivity index (χ4v) is 1.07. The minimum absolute atomic E-state index is 0.448. The Morgan fingerprint density at radius 1 is 1.70 bits per heavy atom. The summed E-state index contributed by atoms with van der Waals surface area (Å²) < 4.78 is 0. The first-order valence-corrected chi connectivity index (χ1v) is 3.71. The molecule has 10 heavy (non-hydrogen) atoms. The number of allylic oxidation sites excluding steroid dienone is 1. The number of hydrogen-bond donors (Lipinski definition) is 0. The van der Waals surface area contributed by atoms with E-state index >= 15 is 0 Å². The van der Waals surface area contributed by atoms with Crippen LogP contribution in [0.25, 0.3) is 0 Å². The lowest BCUT2D eigenvalue weighted by molar-refractivity contribution is 0.283. The summed E-state index contributed by atoms with van der Waals surface area (Å²) in [5.74, 6) is 0. The standard InChI is InChI=1S/C8H14N2/c1-7(2)10-8(3)5-4-6-9-10/h6-7H,3-5H2,1-2H3. The zero-order valence-electron chi connectivity index (χ0n) is 6.67. The highest BCUT2D eigenvalue weighted by Crippen LogP contribution is 2.16. The van der Waals surface area contributed by atoms with E-state index in [0.29, 0.717) is 6.04 Å². The van der Waals surface area contributed by atoms with Gasteiger partial charge in [0.15, 0.2) is 0 Å². The van der Waals surface area contributed by atoms with Gasteiger partial charge in [-0.1, -0.05) is 6.58 Å². The van der Waals surface area contributed by atoms with Gasteiger partial charge in [-0.25, -0.2) is 0 Å². The Morgan fingerprint density at radius 2 is 2.40 bits per heavy atom. The Labute approximate surface area is 62.2 Å². The predicted molar refractivity (Wildman–Crippen MR) is 43.8 cm³/mol. The van der Waals surface area contributed by atoms with Gasteiger partial charge in [-0.3, -0.25) is 5.01 Å². The molecule has 0 aromatic heterocycles. The Balaban J connectivity index is 2.64. The van der Waals surface area contributed by atoms with Crippen LogP contribution in [0.4, 0.5) is 0 Å². The molecule has 0 atom stereocenters. The number of nitrogens with zero attached hydrogens (tertiary/aromatic N) is 2. The van der Waals surface area contributed by atoms with Crippen LogP contribution in [0.5, 0.6) is 0 Å². The maximum Gasteiger partial charge on any atom is 0.0465 e. The van der Waals surface area contributed by atoms with E-state index in [4.69, 9.17) is 0 Å². The fraction of sp³-hybridized carbons (Fsp3) is 0.625. The summed E-state index contributed by atoms with van der Waals surface area (Å²) in [4.78, 5) is 0. The normalized spacial score (nSPS) is 18.7. The zero-order valence-corrected chi connectivity index (χ0v) is 6.67. The van der Waals surface area contributed by atoms with Crippen LogP contribution in [0.2, 0.25) is 0 Å². The molecule has 1 heterocycles. The highest BCUT2D eigenvalue weighted by Gasteiger charge is 2.11. The average Bonchev–Trinajstić information content (AvgIpc) is 1.88. The maximum atomic E-state index is 4.22. The van der Waals surface area contributed by atoms with Crippen LogP contribution in [-0.2, 0) is 0 Å². The minimum atomic E-state index is 0.448. The molecule has 0 spiro atoms. The second-order valence-electron chi connectivity index (χ2n) is 2.84. The number of rotatable bonds is 1. The Bertz CT molecular complexity index is 159. The van der Waals surface area contributed by atoms with Gasteiger partial charge in [0.05, 0.1) is 0 Å². The van der Waals surface area contributed by atoms with Gasteiger partial charge >= 0.3 is 0 Å². The topological polar surface area (TPSA) is 15.6 Å². The molecule has 0 radical (unpaired) electrons. The molecule has 0 N–H and O–H groups in total. The van der Waals surface area contributed by atoms with Gasteiger partial charge in [0.1, 0.15) is 0 Å². The van der Waals surface area contributed by atoms with Gasteiger partial charge in [0.2, 0.25) is 0 Å². The molecule has 0 aliphatic carbocycles. The lowest BCUT2D eigenvalue weighted by Gasteiger charge is -2.27. The SMILES string of the molecule is C=C1CCC=NN1C(C)C. The van der Waals surface area contributed by atoms with Crippen molar-refractivity contribution in [3.8, 4) is 0 Å². The highest BCUT2D eigenvalue weighted by atomic mass is 15.5. The van der Waals surface area contributed by atoms with Crippen molar-refractivity contribution in [1.29, 1.82) is 0 Å². The summed E-state index contributed by atoms with van der Waals surface area (Å²) >= 11 is 0. The summed E-state index contributed by atoms with van der Waals surface area (Å²) in [5, 5.41) is 6.19. The molecular formula is C8H14N2. The zero-order chi connectivity index (χ0) is 7.56. The van der Waals surface area contributed by atoms with Crippen molar-refractivity contribution in [3.63, 3.8) is 0 Å². The molecule has 0 aromatic carbocycles. The van der Waals surface area contributed by atoms with E-state index in [-0.39, 0.29) is 0 Å². The lowest BCUT2D eigenvalue weighted by atomic mass is 10.2. The molecule has 2 nitrogen and oxygen atoms in total. The highest BCUT2D eigenvalue weighted by molar-refractivity contribution is 5.58. The molecule has 1 rings (SSSR count). The first kappa shape index (κ1) is 7.32.